The molecule has 3 aromatic rings. The van der Waals surface area contributed by atoms with Crippen molar-refractivity contribution in [2.45, 2.75) is 26.1 Å². The Labute approximate surface area is 154 Å². The number of carbonyl (C=O) groups excluding carboxylic acids is 2. The number of hydrogen-bond acceptors (Lipinski definition) is 4. The number of thiophene rings is 1. The lowest BCUT2D eigenvalue weighted by atomic mass is 10.3. The molecule has 0 spiro atoms. The van der Waals surface area contributed by atoms with Crippen molar-refractivity contribution in [2.75, 3.05) is 11.4 Å². The van der Waals surface area contributed by atoms with Gasteiger partial charge in [0.25, 0.3) is 0 Å². The summed E-state index contributed by atoms with van der Waals surface area (Å²) in [7, 11) is 0. The van der Waals surface area contributed by atoms with Crippen molar-refractivity contribution in [3.05, 3.63) is 46.7 Å². The minimum absolute atomic E-state index is 0.209. The molecule has 7 nitrogen and oxygen atoms in total. The van der Waals surface area contributed by atoms with Gasteiger partial charge >= 0.3 is 6.03 Å². The second-order valence-electron chi connectivity index (χ2n) is 6.17. The number of fused-ring (bicyclic) bond motifs is 3. The van der Waals surface area contributed by atoms with E-state index in [1.165, 1.54) is 0 Å². The summed E-state index contributed by atoms with van der Waals surface area (Å²) in [5.74, 6) is 0.411. The number of nitrogens with one attached hydrogen (secondary N) is 2. The third kappa shape index (κ3) is 3.03. The van der Waals surface area contributed by atoms with E-state index in [2.05, 4.69) is 15.6 Å². The molecular formula is C18H19N5O2S. The predicted molar refractivity (Wildman–Crippen MR) is 101 cm³/mol. The van der Waals surface area contributed by atoms with Gasteiger partial charge in [0.1, 0.15) is 6.04 Å². The summed E-state index contributed by atoms with van der Waals surface area (Å²) >= 11 is 1.58. The molecule has 0 fully saturated rings. The Morgan fingerprint density at radius 3 is 2.88 bits per heavy atom. The van der Waals surface area contributed by atoms with Crippen LogP contribution in [0.4, 0.5) is 10.7 Å². The molecule has 26 heavy (non-hydrogen) atoms. The van der Waals surface area contributed by atoms with E-state index in [9.17, 15) is 9.59 Å². The van der Waals surface area contributed by atoms with E-state index in [1.807, 2.05) is 46.3 Å². The molecule has 4 rings (SSSR count). The summed E-state index contributed by atoms with van der Waals surface area (Å²) in [6, 6.07) is 10.8. The van der Waals surface area contributed by atoms with Crippen LogP contribution in [-0.2, 0) is 17.9 Å². The second kappa shape index (κ2) is 6.80. The molecule has 2 N–H and O–H groups in total. The highest BCUT2D eigenvalue weighted by Crippen LogP contribution is 2.27. The minimum Gasteiger partial charge on any atom is -0.349 e. The first kappa shape index (κ1) is 16.6. The van der Waals surface area contributed by atoms with Gasteiger partial charge in [-0.1, -0.05) is 18.2 Å². The van der Waals surface area contributed by atoms with E-state index in [-0.39, 0.29) is 11.9 Å². The highest BCUT2D eigenvalue weighted by molar-refractivity contribution is 7.09. The third-order valence-corrected chi connectivity index (χ3v) is 5.29. The zero-order valence-corrected chi connectivity index (χ0v) is 15.1. The number of anilines is 1. The number of carbonyl (C=O) groups is 2. The molecule has 134 valence electrons. The van der Waals surface area contributed by atoms with Crippen LogP contribution in [0.3, 0.4) is 0 Å². The maximum Gasteiger partial charge on any atom is 0.324 e. The van der Waals surface area contributed by atoms with Gasteiger partial charge in [-0.2, -0.15) is 0 Å². The van der Waals surface area contributed by atoms with Gasteiger partial charge in [-0.15, -0.1) is 11.3 Å². The van der Waals surface area contributed by atoms with Crippen LogP contribution in [0.5, 0.6) is 0 Å². The van der Waals surface area contributed by atoms with Crippen LogP contribution < -0.4 is 15.5 Å². The van der Waals surface area contributed by atoms with Crippen molar-refractivity contribution in [2.24, 2.45) is 0 Å². The largest absolute Gasteiger partial charge is 0.349 e. The fourth-order valence-electron chi connectivity index (χ4n) is 3.05. The smallest absolute Gasteiger partial charge is 0.324 e. The summed E-state index contributed by atoms with van der Waals surface area (Å²) in [6.45, 7) is 3.39. The van der Waals surface area contributed by atoms with Crippen LogP contribution in [0.15, 0.2) is 41.8 Å². The number of amides is 3. The summed E-state index contributed by atoms with van der Waals surface area (Å²) in [5.41, 5.74) is 1.88. The zero-order chi connectivity index (χ0) is 18.1. The zero-order valence-electron chi connectivity index (χ0n) is 14.3. The van der Waals surface area contributed by atoms with E-state index < -0.39 is 6.04 Å². The molecule has 2 aromatic heterocycles. The van der Waals surface area contributed by atoms with E-state index in [0.717, 1.165) is 15.9 Å². The van der Waals surface area contributed by atoms with E-state index in [1.54, 1.807) is 23.2 Å². The monoisotopic (exact) mass is 369 g/mol. The van der Waals surface area contributed by atoms with Crippen molar-refractivity contribution in [1.82, 2.24) is 20.2 Å². The third-order valence-electron chi connectivity index (χ3n) is 4.42. The molecule has 1 aliphatic rings. The Balaban J connectivity index is 1.40. The summed E-state index contributed by atoms with van der Waals surface area (Å²) < 4.78 is 2.02. The first-order chi connectivity index (χ1) is 12.6. The maximum absolute atomic E-state index is 12.6. The van der Waals surface area contributed by atoms with Gasteiger partial charge in [0.2, 0.25) is 11.9 Å². The molecule has 0 saturated carbocycles. The topological polar surface area (TPSA) is 79.3 Å². The van der Waals surface area contributed by atoms with Crippen LogP contribution in [0.1, 0.15) is 11.8 Å². The van der Waals surface area contributed by atoms with Crippen LogP contribution in [-0.4, -0.2) is 34.1 Å². The molecule has 0 saturated heterocycles. The fraction of sp³-hybridized carbons (Fsp3) is 0.278. The number of imidazole rings is 1. The van der Waals surface area contributed by atoms with Gasteiger partial charge in [-0.25, -0.2) is 9.78 Å². The molecule has 3 heterocycles. The average Bonchev–Trinajstić information content (AvgIpc) is 3.35. The lowest BCUT2D eigenvalue weighted by molar-refractivity contribution is -0.122. The Bertz CT molecular complexity index is 950. The van der Waals surface area contributed by atoms with Gasteiger partial charge in [-0.05, 0) is 30.5 Å². The van der Waals surface area contributed by atoms with Gasteiger partial charge < -0.3 is 15.2 Å². The average molecular weight is 369 g/mol. The van der Waals surface area contributed by atoms with Gasteiger partial charge in [0, 0.05) is 18.0 Å². The van der Waals surface area contributed by atoms with E-state index in [0.29, 0.717) is 25.6 Å². The normalized spacial score (nSPS) is 14.3. The van der Waals surface area contributed by atoms with Crippen LogP contribution in [0.25, 0.3) is 11.0 Å². The van der Waals surface area contributed by atoms with Crippen LogP contribution >= 0.6 is 11.3 Å². The Kier molecular flexibility index (Phi) is 4.34. The lowest BCUT2D eigenvalue weighted by Gasteiger charge is -2.19. The Morgan fingerprint density at radius 2 is 2.08 bits per heavy atom. The minimum atomic E-state index is -0.624. The SMILES string of the molecule is CC(NC(=O)N1CCn2c1nc1ccccc12)C(=O)NCc1cccs1. The van der Waals surface area contributed by atoms with Crippen molar-refractivity contribution in [1.29, 1.82) is 0 Å². The molecule has 1 unspecified atom stereocenters. The molecule has 1 atom stereocenters. The number of benzene rings is 1. The number of para-hydroxylation sites is 2. The quantitative estimate of drug-likeness (QED) is 0.741. The molecule has 0 bridgehead atoms. The van der Waals surface area contributed by atoms with E-state index in [4.69, 9.17) is 0 Å². The van der Waals surface area contributed by atoms with Crippen molar-refractivity contribution >= 4 is 40.3 Å². The lowest BCUT2D eigenvalue weighted by Crippen LogP contribution is -2.49. The van der Waals surface area contributed by atoms with Gasteiger partial charge in [-0.3, -0.25) is 9.69 Å². The Morgan fingerprint density at radius 1 is 1.23 bits per heavy atom. The number of hydrogen-bond donors (Lipinski definition) is 2. The number of urea groups is 1. The highest BCUT2D eigenvalue weighted by atomic mass is 32.1. The Hall–Kier alpha value is -2.87. The first-order valence-electron chi connectivity index (χ1n) is 8.47. The number of rotatable bonds is 4. The molecular weight excluding hydrogens is 350 g/mol. The number of aromatic nitrogens is 2. The standard InChI is InChI=1S/C18H19N5O2S/c1-12(16(24)19-11-13-5-4-10-26-13)20-18(25)23-9-8-22-15-7-3-2-6-14(15)21-17(22)23/h2-7,10,12H,8-9,11H2,1H3,(H,19,24)(H,20,25). The van der Waals surface area contributed by atoms with Crippen molar-refractivity contribution in [3.63, 3.8) is 0 Å². The summed E-state index contributed by atoms with van der Waals surface area (Å²) in [4.78, 5) is 32.0. The van der Waals surface area contributed by atoms with Crippen LogP contribution in [0.2, 0.25) is 0 Å². The first-order valence-corrected chi connectivity index (χ1v) is 9.35. The molecule has 1 aromatic carbocycles. The van der Waals surface area contributed by atoms with E-state index >= 15 is 0 Å². The van der Waals surface area contributed by atoms with Crippen molar-refractivity contribution < 1.29 is 9.59 Å². The molecule has 8 heteroatoms. The second-order valence-corrected chi connectivity index (χ2v) is 7.20. The maximum atomic E-state index is 12.6. The molecule has 0 aliphatic carbocycles. The fourth-order valence-corrected chi connectivity index (χ4v) is 3.70. The van der Waals surface area contributed by atoms with Gasteiger partial charge in [0.05, 0.1) is 17.6 Å². The van der Waals surface area contributed by atoms with Crippen molar-refractivity contribution in [3.8, 4) is 0 Å². The number of nitrogens with zero attached hydrogens (tertiary/aromatic N) is 3. The van der Waals surface area contributed by atoms with Gasteiger partial charge in [0.15, 0.2) is 0 Å². The summed E-state index contributed by atoms with van der Waals surface area (Å²) in [6.07, 6.45) is 0. The molecule has 3 amide bonds. The highest BCUT2D eigenvalue weighted by Gasteiger charge is 2.29. The predicted octanol–water partition coefficient (Wildman–Crippen LogP) is 2.33. The summed E-state index contributed by atoms with van der Waals surface area (Å²) in [5, 5.41) is 7.57. The molecule has 0 radical (unpaired) electrons. The van der Waals surface area contributed by atoms with Crippen LogP contribution in [0, 0.1) is 0 Å². The molecule has 1 aliphatic heterocycles.